The van der Waals surface area contributed by atoms with E-state index in [0.29, 0.717) is 18.7 Å². The Morgan fingerprint density at radius 3 is 2.44 bits per heavy atom. The molecule has 3 aromatic carbocycles. The maximum atomic E-state index is 13.6. The molecule has 0 aliphatic carbocycles. The van der Waals surface area contributed by atoms with Crippen molar-refractivity contribution < 1.29 is 9.59 Å². The van der Waals surface area contributed by atoms with E-state index in [9.17, 15) is 9.59 Å². The molecule has 0 unspecified atom stereocenters. The zero-order valence-corrected chi connectivity index (χ0v) is 18.1. The monoisotopic (exact) mass is 448 g/mol. The second-order valence-electron chi connectivity index (χ2n) is 8.41. The summed E-state index contributed by atoms with van der Waals surface area (Å²) in [7, 11) is 0. The average molecular weight is 448 g/mol. The van der Waals surface area contributed by atoms with Gasteiger partial charge in [0.05, 0.1) is 29.0 Å². The summed E-state index contributed by atoms with van der Waals surface area (Å²) in [5.74, 6) is -0.686. The number of rotatable bonds is 4. The largest absolute Gasteiger partial charge is 0.364 e. The first-order valence-corrected chi connectivity index (χ1v) is 11.0. The lowest BCUT2D eigenvalue weighted by Gasteiger charge is -2.39. The highest BCUT2D eigenvalue weighted by Crippen LogP contribution is 2.32. The van der Waals surface area contributed by atoms with Crippen LogP contribution in [0.2, 0.25) is 0 Å². The van der Waals surface area contributed by atoms with Crippen LogP contribution in [0.1, 0.15) is 26.9 Å². The van der Waals surface area contributed by atoms with Crippen LogP contribution in [0.25, 0.3) is 32.9 Å². The fourth-order valence-corrected chi connectivity index (χ4v) is 4.47. The number of carbonyl (C=O) groups is 2. The molecular weight excluding hydrogens is 428 g/mol. The van der Waals surface area contributed by atoms with Crippen LogP contribution in [0.15, 0.2) is 79.0 Å². The fourth-order valence-electron chi connectivity index (χ4n) is 4.47. The second-order valence-corrected chi connectivity index (χ2v) is 8.41. The van der Waals surface area contributed by atoms with E-state index in [1.807, 2.05) is 54.6 Å². The standard InChI is InChI=1S/C26H20N6O2/c27-25(33)24-15-32(30-29-24)17-13-31(14-17)26(34)21-12-23(28-22-11-4-3-9-20(21)22)19-10-5-7-16-6-1-2-8-18(16)19/h1-12,15,17H,13-14H2,(H2,27,33). The topological polar surface area (TPSA) is 107 Å². The number of aromatic nitrogens is 4. The van der Waals surface area contributed by atoms with E-state index in [-0.39, 0.29) is 17.6 Å². The minimum absolute atomic E-state index is 0.0461. The Morgan fingerprint density at radius 1 is 0.912 bits per heavy atom. The molecule has 8 nitrogen and oxygen atoms in total. The third-order valence-electron chi connectivity index (χ3n) is 6.30. The van der Waals surface area contributed by atoms with Gasteiger partial charge < -0.3 is 10.6 Å². The van der Waals surface area contributed by atoms with E-state index >= 15 is 0 Å². The Kier molecular flexibility index (Phi) is 4.58. The highest BCUT2D eigenvalue weighted by Gasteiger charge is 2.34. The number of carbonyl (C=O) groups excluding carboxylic acids is 2. The number of primary amides is 1. The van der Waals surface area contributed by atoms with Gasteiger partial charge in [0, 0.05) is 24.0 Å². The first-order chi connectivity index (χ1) is 16.6. The Hall–Kier alpha value is -4.59. The fraction of sp³-hybridized carbons (Fsp3) is 0.115. The molecule has 0 radical (unpaired) electrons. The molecule has 1 aliphatic rings. The highest BCUT2D eigenvalue weighted by molar-refractivity contribution is 6.08. The summed E-state index contributed by atoms with van der Waals surface area (Å²) in [6.07, 6.45) is 1.52. The van der Waals surface area contributed by atoms with Gasteiger partial charge in [-0.05, 0) is 22.9 Å². The third kappa shape index (κ3) is 3.27. The third-order valence-corrected chi connectivity index (χ3v) is 6.30. The zero-order valence-electron chi connectivity index (χ0n) is 18.1. The summed E-state index contributed by atoms with van der Waals surface area (Å²) in [6, 6.07) is 23.8. The van der Waals surface area contributed by atoms with Gasteiger partial charge in [-0.2, -0.15) is 0 Å². The number of hydrogen-bond acceptors (Lipinski definition) is 5. The Balaban J connectivity index is 1.36. The van der Waals surface area contributed by atoms with Gasteiger partial charge in [0.25, 0.3) is 11.8 Å². The molecule has 2 aromatic heterocycles. The predicted octanol–water partition coefficient (Wildman–Crippen LogP) is 3.44. The van der Waals surface area contributed by atoms with E-state index < -0.39 is 5.91 Å². The Bertz CT molecular complexity index is 1580. The van der Waals surface area contributed by atoms with Crippen molar-refractivity contribution in [3.8, 4) is 11.3 Å². The number of nitrogens with zero attached hydrogens (tertiary/aromatic N) is 5. The first-order valence-electron chi connectivity index (χ1n) is 11.0. The van der Waals surface area contributed by atoms with Gasteiger partial charge in [0.15, 0.2) is 5.69 Å². The molecule has 166 valence electrons. The maximum absolute atomic E-state index is 13.6. The Morgan fingerprint density at radius 2 is 1.65 bits per heavy atom. The lowest BCUT2D eigenvalue weighted by Crippen LogP contribution is -2.51. The number of para-hydroxylation sites is 1. The number of likely N-dealkylation sites (tertiary alicyclic amines) is 1. The van der Waals surface area contributed by atoms with Crippen LogP contribution in [0, 0.1) is 0 Å². The summed E-state index contributed by atoms with van der Waals surface area (Å²) in [5, 5.41) is 10.8. The molecule has 2 N–H and O–H groups in total. The quantitative estimate of drug-likeness (QED) is 0.453. The van der Waals surface area contributed by atoms with Crippen molar-refractivity contribution in [1.29, 1.82) is 0 Å². The number of benzene rings is 3. The van der Waals surface area contributed by atoms with Crippen LogP contribution < -0.4 is 5.73 Å². The molecule has 2 amide bonds. The van der Waals surface area contributed by atoms with Gasteiger partial charge in [-0.15, -0.1) is 5.10 Å². The molecule has 0 spiro atoms. The highest BCUT2D eigenvalue weighted by atomic mass is 16.2. The van der Waals surface area contributed by atoms with Crippen molar-refractivity contribution in [1.82, 2.24) is 24.9 Å². The molecule has 0 bridgehead atoms. The van der Waals surface area contributed by atoms with Crippen LogP contribution in [-0.4, -0.2) is 49.8 Å². The van der Waals surface area contributed by atoms with Crippen LogP contribution >= 0.6 is 0 Å². The number of pyridine rings is 1. The minimum atomic E-state index is -0.622. The molecule has 1 aliphatic heterocycles. The molecule has 8 heteroatoms. The molecule has 0 atom stereocenters. The van der Waals surface area contributed by atoms with Gasteiger partial charge in [0.2, 0.25) is 0 Å². The summed E-state index contributed by atoms with van der Waals surface area (Å²) in [4.78, 5) is 31.5. The van der Waals surface area contributed by atoms with Crippen LogP contribution in [0.4, 0.5) is 0 Å². The lowest BCUT2D eigenvalue weighted by molar-refractivity contribution is 0.0500. The van der Waals surface area contributed by atoms with E-state index in [0.717, 1.165) is 32.9 Å². The van der Waals surface area contributed by atoms with Crippen molar-refractivity contribution in [2.24, 2.45) is 5.73 Å². The van der Waals surface area contributed by atoms with E-state index in [1.165, 1.54) is 6.20 Å². The van der Waals surface area contributed by atoms with Crippen LogP contribution in [0.3, 0.4) is 0 Å². The normalized spacial score (nSPS) is 13.8. The summed E-state index contributed by atoms with van der Waals surface area (Å²) in [6.45, 7) is 0.946. The molecular formula is C26H20N6O2. The number of fused-ring (bicyclic) bond motifs is 2. The van der Waals surface area contributed by atoms with Gasteiger partial charge >= 0.3 is 0 Å². The lowest BCUT2D eigenvalue weighted by atomic mass is 9.98. The molecule has 5 aromatic rings. The number of hydrogen-bond donors (Lipinski definition) is 1. The van der Waals surface area contributed by atoms with Crippen molar-refractivity contribution in [2.75, 3.05) is 13.1 Å². The van der Waals surface area contributed by atoms with Gasteiger partial charge in [0.1, 0.15) is 0 Å². The minimum Gasteiger partial charge on any atom is -0.364 e. The first kappa shape index (κ1) is 20.0. The molecule has 34 heavy (non-hydrogen) atoms. The molecule has 1 saturated heterocycles. The van der Waals surface area contributed by atoms with Crippen molar-refractivity contribution in [2.45, 2.75) is 6.04 Å². The van der Waals surface area contributed by atoms with Gasteiger partial charge in [-0.3, -0.25) is 9.59 Å². The molecule has 1 fully saturated rings. The number of amides is 2. The zero-order chi connectivity index (χ0) is 23.2. The molecule has 0 saturated carbocycles. The van der Waals surface area contributed by atoms with Crippen molar-refractivity contribution >= 4 is 33.5 Å². The smallest absolute Gasteiger partial charge is 0.270 e. The van der Waals surface area contributed by atoms with Crippen LogP contribution in [-0.2, 0) is 0 Å². The average Bonchev–Trinajstić information content (AvgIpc) is 3.32. The predicted molar refractivity (Wildman–Crippen MR) is 128 cm³/mol. The van der Waals surface area contributed by atoms with Gasteiger partial charge in [-0.1, -0.05) is 65.9 Å². The van der Waals surface area contributed by atoms with Crippen molar-refractivity contribution in [3.63, 3.8) is 0 Å². The van der Waals surface area contributed by atoms with Gasteiger partial charge in [-0.25, -0.2) is 9.67 Å². The summed E-state index contributed by atoms with van der Waals surface area (Å²) < 4.78 is 1.59. The SMILES string of the molecule is NC(=O)c1cn(C2CN(C(=O)c3cc(-c4cccc5ccccc45)nc4ccccc34)C2)nn1. The molecule has 6 rings (SSSR count). The van der Waals surface area contributed by atoms with Crippen LogP contribution in [0.5, 0.6) is 0 Å². The summed E-state index contributed by atoms with van der Waals surface area (Å²) >= 11 is 0. The molecule has 3 heterocycles. The maximum Gasteiger partial charge on any atom is 0.270 e. The Labute approximate surface area is 194 Å². The number of nitrogens with two attached hydrogens (primary N) is 1. The van der Waals surface area contributed by atoms with E-state index in [4.69, 9.17) is 10.7 Å². The van der Waals surface area contributed by atoms with E-state index in [2.05, 4.69) is 28.5 Å². The second kappa shape index (κ2) is 7.77. The summed E-state index contributed by atoms with van der Waals surface area (Å²) in [5.41, 5.74) is 8.52. The van der Waals surface area contributed by atoms with E-state index in [1.54, 1.807) is 9.58 Å². The van der Waals surface area contributed by atoms with Crippen molar-refractivity contribution in [3.05, 3.63) is 90.3 Å².